The molecule has 2 N–H and O–H groups in total. The second-order valence-electron chi connectivity index (χ2n) is 4.76. The highest BCUT2D eigenvalue weighted by Crippen LogP contribution is 2.41. The first-order valence-corrected chi connectivity index (χ1v) is 6.24. The summed E-state index contributed by atoms with van der Waals surface area (Å²) >= 11 is 0. The normalized spacial score (nSPS) is 21.3. The van der Waals surface area contributed by atoms with Crippen molar-refractivity contribution in [1.82, 2.24) is 10.4 Å². The van der Waals surface area contributed by atoms with Crippen molar-refractivity contribution in [3.05, 3.63) is 41.6 Å². The highest BCUT2D eigenvalue weighted by atomic mass is 19.4. The lowest BCUT2D eigenvalue weighted by Crippen LogP contribution is -2.60. The zero-order chi connectivity index (χ0) is 18.3. The second-order valence-corrected chi connectivity index (χ2v) is 4.76. The molecular formula is C13H10F6N2O3. The Balaban J connectivity index is 2.42. The summed E-state index contributed by atoms with van der Waals surface area (Å²) in [4.78, 5) is 12.1. The fourth-order valence-electron chi connectivity index (χ4n) is 1.93. The smallest absolute Gasteiger partial charge is 0.442 e. The number of aliphatic hydroxyl groups is 1. The van der Waals surface area contributed by atoms with Gasteiger partial charge in [-0.1, -0.05) is 0 Å². The first-order chi connectivity index (χ1) is 10.9. The monoisotopic (exact) mass is 356 g/mol. The average Bonchev–Trinajstić information content (AvgIpc) is 2.86. The van der Waals surface area contributed by atoms with Crippen LogP contribution in [0.3, 0.4) is 0 Å². The number of hydrogen-bond acceptors (Lipinski definition) is 4. The predicted octanol–water partition coefficient (Wildman–Crippen LogP) is 2.35. The first kappa shape index (κ1) is 17.9. The number of alkyl halides is 6. The number of nitrogens with zero attached hydrogens (tertiary/aromatic N) is 1. The fraction of sp³-hybridized carbons (Fsp3) is 0.308. The van der Waals surface area contributed by atoms with Crippen LogP contribution >= 0.6 is 0 Å². The highest BCUT2D eigenvalue weighted by molar-refractivity contribution is 5.95. The number of hydrazine groups is 1. The van der Waals surface area contributed by atoms with Crippen LogP contribution in [-0.4, -0.2) is 41.2 Å². The third kappa shape index (κ3) is 2.98. The molecule has 1 aliphatic rings. The zero-order valence-electron chi connectivity index (χ0n) is 11.9. The van der Waals surface area contributed by atoms with Crippen molar-refractivity contribution in [1.29, 1.82) is 0 Å². The molecule has 1 heterocycles. The SMILES string of the molecule is COc1ccc(C(=O)N2NC(C(F)(F)F)=C[C@@]2(O)C(F)(F)F)cc1. The number of carbonyl (C=O) groups excluding carboxylic acids is 1. The molecule has 0 radical (unpaired) electrons. The largest absolute Gasteiger partial charge is 0.497 e. The van der Waals surface area contributed by atoms with Gasteiger partial charge in [0.15, 0.2) is 0 Å². The van der Waals surface area contributed by atoms with Crippen LogP contribution in [0.15, 0.2) is 36.0 Å². The molecule has 5 nitrogen and oxygen atoms in total. The standard InChI is InChI=1S/C13H10F6N2O3/c1-24-8-4-2-7(3-5-8)10(22)21-11(23,13(17,18)19)6-9(20-21)12(14,15)16/h2-6,20,23H,1H3/t11-/m1/s1. The van der Waals surface area contributed by atoms with Crippen molar-refractivity contribution in [2.45, 2.75) is 18.1 Å². The van der Waals surface area contributed by atoms with Crippen molar-refractivity contribution < 1.29 is 41.0 Å². The summed E-state index contributed by atoms with van der Waals surface area (Å²) in [5.74, 6) is -1.23. The molecule has 1 atom stereocenters. The topological polar surface area (TPSA) is 61.8 Å². The summed E-state index contributed by atoms with van der Waals surface area (Å²) in [5, 5.41) is 9.15. The predicted molar refractivity (Wildman–Crippen MR) is 67.4 cm³/mol. The molecule has 0 saturated carbocycles. The van der Waals surface area contributed by atoms with Crippen LogP contribution in [-0.2, 0) is 0 Å². The molecule has 0 fully saturated rings. The van der Waals surface area contributed by atoms with E-state index in [4.69, 9.17) is 4.74 Å². The van der Waals surface area contributed by atoms with Gasteiger partial charge in [-0.3, -0.25) is 10.2 Å². The van der Waals surface area contributed by atoms with Gasteiger partial charge >= 0.3 is 12.4 Å². The number of benzene rings is 1. The number of rotatable bonds is 2. The number of carbonyl (C=O) groups is 1. The Kier molecular flexibility index (Phi) is 4.17. The molecule has 0 spiro atoms. The minimum Gasteiger partial charge on any atom is -0.497 e. The van der Waals surface area contributed by atoms with E-state index in [2.05, 4.69) is 0 Å². The Bertz CT molecular complexity index is 668. The Morgan fingerprint density at radius 1 is 1.17 bits per heavy atom. The lowest BCUT2D eigenvalue weighted by Gasteiger charge is -2.33. The third-order valence-electron chi connectivity index (χ3n) is 3.18. The van der Waals surface area contributed by atoms with Crippen LogP contribution < -0.4 is 10.2 Å². The van der Waals surface area contributed by atoms with Gasteiger partial charge in [0.2, 0.25) is 0 Å². The van der Waals surface area contributed by atoms with Gasteiger partial charge < -0.3 is 9.84 Å². The Labute approximate surface area is 131 Å². The van der Waals surface area contributed by atoms with E-state index >= 15 is 0 Å². The molecule has 1 aliphatic heterocycles. The molecule has 1 aromatic rings. The minimum absolute atomic E-state index is 0.279. The summed E-state index contributed by atoms with van der Waals surface area (Å²) in [6.45, 7) is 0. The molecule has 1 aromatic carbocycles. The quantitative estimate of drug-likeness (QED) is 0.799. The maximum absolute atomic E-state index is 13.0. The van der Waals surface area contributed by atoms with Crippen LogP contribution in [0, 0.1) is 0 Å². The summed E-state index contributed by atoms with van der Waals surface area (Å²) in [7, 11) is 1.31. The number of allylic oxidation sites excluding steroid dienone is 1. The second kappa shape index (κ2) is 5.58. The van der Waals surface area contributed by atoms with Crippen LogP contribution in [0.5, 0.6) is 5.75 Å². The van der Waals surface area contributed by atoms with Crippen LogP contribution in [0.4, 0.5) is 26.3 Å². The number of amides is 1. The number of nitrogens with one attached hydrogen (secondary N) is 1. The van der Waals surface area contributed by atoms with Gasteiger partial charge in [-0.25, -0.2) is 5.01 Å². The first-order valence-electron chi connectivity index (χ1n) is 6.24. The van der Waals surface area contributed by atoms with Gasteiger partial charge in [0.25, 0.3) is 11.6 Å². The molecule has 0 aliphatic carbocycles. The lowest BCUT2D eigenvalue weighted by atomic mass is 10.1. The number of methoxy groups -OCH3 is 1. The van der Waals surface area contributed by atoms with Crippen LogP contribution in [0.1, 0.15) is 10.4 Å². The summed E-state index contributed by atoms with van der Waals surface area (Å²) in [6, 6.07) is 4.55. The van der Waals surface area contributed by atoms with Gasteiger partial charge in [0, 0.05) is 11.6 Å². The Morgan fingerprint density at radius 3 is 2.12 bits per heavy atom. The van der Waals surface area contributed by atoms with E-state index in [0.717, 1.165) is 12.1 Å². The van der Waals surface area contributed by atoms with Gasteiger partial charge in [0.05, 0.1) is 7.11 Å². The summed E-state index contributed by atoms with van der Waals surface area (Å²) in [5.41, 5.74) is -5.16. The molecule has 0 aromatic heterocycles. The van der Waals surface area contributed by atoms with E-state index in [-0.39, 0.29) is 11.3 Å². The molecule has 2 rings (SSSR count). The zero-order valence-corrected chi connectivity index (χ0v) is 11.9. The fourth-order valence-corrected chi connectivity index (χ4v) is 1.93. The Hall–Kier alpha value is -2.43. The van der Waals surface area contributed by atoms with Crippen molar-refractivity contribution in [3.63, 3.8) is 0 Å². The molecule has 1 amide bonds. The van der Waals surface area contributed by atoms with Crippen molar-refractivity contribution >= 4 is 5.91 Å². The average molecular weight is 356 g/mol. The van der Waals surface area contributed by atoms with Gasteiger partial charge in [-0.2, -0.15) is 26.3 Å². The van der Waals surface area contributed by atoms with E-state index < -0.39 is 40.8 Å². The van der Waals surface area contributed by atoms with E-state index in [9.17, 15) is 36.2 Å². The summed E-state index contributed by atoms with van der Waals surface area (Å²) < 4.78 is 81.9. The summed E-state index contributed by atoms with van der Waals surface area (Å²) in [6.07, 6.45) is -11.3. The molecular weight excluding hydrogens is 346 g/mol. The van der Waals surface area contributed by atoms with Crippen LogP contribution in [0.25, 0.3) is 0 Å². The van der Waals surface area contributed by atoms with Gasteiger partial charge in [-0.05, 0) is 24.3 Å². The molecule has 0 saturated heterocycles. The van der Waals surface area contributed by atoms with E-state index in [0.29, 0.717) is 0 Å². The van der Waals surface area contributed by atoms with Gasteiger partial charge in [0.1, 0.15) is 11.4 Å². The number of ether oxygens (including phenoxy) is 1. The Morgan fingerprint density at radius 2 is 1.71 bits per heavy atom. The number of halogens is 6. The molecule has 0 bridgehead atoms. The molecule has 24 heavy (non-hydrogen) atoms. The number of hydrogen-bond donors (Lipinski definition) is 2. The van der Waals surface area contributed by atoms with E-state index in [1.54, 1.807) is 0 Å². The van der Waals surface area contributed by atoms with E-state index in [1.165, 1.54) is 24.7 Å². The van der Waals surface area contributed by atoms with Crippen molar-refractivity contribution in [2.75, 3.05) is 7.11 Å². The van der Waals surface area contributed by atoms with Crippen molar-refractivity contribution in [2.24, 2.45) is 0 Å². The highest BCUT2D eigenvalue weighted by Gasteiger charge is 2.64. The maximum Gasteiger partial charge on any atom is 0.442 e. The third-order valence-corrected chi connectivity index (χ3v) is 3.18. The molecule has 132 valence electrons. The molecule has 11 heteroatoms. The van der Waals surface area contributed by atoms with Crippen LogP contribution in [0.2, 0.25) is 0 Å². The minimum atomic E-state index is -5.56. The molecule has 0 unspecified atom stereocenters. The lowest BCUT2D eigenvalue weighted by molar-refractivity contribution is -0.283. The van der Waals surface area contributed by atoms with E-state index in [1.807, 2.05) is 0 Å². The maximum atomic E-state index is 13.0. The van der Waals surface area contributed by atoms with Crippen molar-refractivity contribution in [3.8, 4) is 5.75 Å². The van der Waals surface area contributed by atoms with Gasteiger partial charge in [-0.15, -0.1) is 0 Å².